The van der Waals surface area contributed by atoms with E-state index in [0.29, 0.717) is 0 Å². The summed E-state index contributed by atoms with van der Waals surface area (Å²) in [5, 5.41) is 15.8. The van der Waals surface area contributed by atoms with E-state index in [9.17, 15) is 0 Å². The van der Waals surface area contributed by atoms with Crippen molar-refractivity contribution in [2.24, 2.45) is 0 Å². The predicted octanol–water partition coefficient (Wildman–Crippen LogP) is 13.2. The summed E-state index contributed by atoms with van der Waals surface area (Å²) in [5.41, 5.74) is 5.00. The fraction of sp³-hybridized carbons (Fsp3) is 0. The molecule has 0 saturated heterocycles. The van der Waals surface area contributed by atoms with E-state index in [1.54, 1.807) is 0 Å². The van der Waals surface area contributed by atoms with Crippen molar-refractivity contribution in [2.45, 2.75) is 0 Å². The zero-order valence-electron chi connectivity index (χ0n) is 24.4. The van der Waals surface area contributed by atoms with Crippen LogP contribution in [0.5, 0.6) is 0 Å². The molecule has 0 amide bonds. The van der Waals surface area contributed by atoms with E-state index in [1.807, 2.05) is 11.3 Å². The van der Waals surface area contributed by atoms with Gasteiger partial charge in [-0.15, -0.1) is 11.3 Å². The number of thiophene rings is 1. The standard InChI is InChI=1S/C44H26S/c1-2-10-27(11-3-1)28-18-21-36-38(24-28)31-12-4-6-15-34(31)44-37-22-19-29(25-39(37)32-13-5-7-16-35(32)43(36)44)30-20-23-42-40(26-30)33-14-8-9-17-41(33)45-42/h1-26H. The lowest BCUT2D eigenvalue weighted by Gasteiger charge is -2.17. The van der Waals surface area contributed by atoms with E-state index in [-0.39, 0.29) is 0 Å². The minimum absolute atomic E-state index is 1.24. The van der Waals surface area contributed by atoms with E-state index >= 15 is 0 Å². The van der Waals surface area contributed by atoms with Gasteiger partial charge in [0.1, 0.15) is 0 Å². The van der Waals surface area contributed by atoms with E-state index < -0.39 is 0 Å². The van der Waals surface area contributed by atoms with Crippen molar-refractivity contribution < 1.29 is 0 Å². The summed E-state index contributed by atoms with van der Waals surface area (Å²) in [5.74, 6) is 0. The van der Waals surface area contributed by atoms with Gasteiger partial charge in [0.05, 0.1) is 0 Å². The largest absolute Gasteiger partial charge is 0.135 e. The lowest BCUT2D eigenvalue weighted by atomic mass is 9.85. The molecule has 1 heterocycles. The summed E-state index contributed by atoms with van der Waals surface area (Å²) in [6.07, 6.45) is 0. The molecule has 10 aromatic rings. The Balaban J connectivity index is 1.30. The molecule has 0 radical (unpaired) electrons. The molecule has 0 bridgehead atoms. The van der Waals surface area contributed by atoms with Crippen molar-refractivity contribution in [2.75, 3.05) is 0 Å². The summed E-state index contributed by atoms with van der Waals surface area (Å²) in [4.78, 5) is 0. The number of fused-ring (bicyclic) bond motifs is 14. The molecular weight excluding hydrogens is 561 g/mol. The maximum absolute atomic E-state index is 2.42. The molecule has 10 rings (SSSR count). The Morgan fingerprint density at radius 3 is 1.29 bits per heavy atom. The van der Waals surface area contributed by atoms with Crippen molar-refractivity contribution >= 4 is 85.4 Å². The lowest BCUT2D eigenvalue weighted by Crippen LogP contribution is -1.90. The second-order valence-electron chi connectivity index (χ2n) is 12.0. The highest BCUT2D eigenvalue weighted by molar-refractivity contribution is 7.25. The van der Waals surface area contributed by atoms with Gasteiger partial charge in [-0.25, -0.2) is 0 Å². The van der Waals surface area contributed by atoms with Crippen LogP contribution in [0.4, 0.5) is 0 Å². The van der Waals surface area contributed by atoms with Gasteiger partial charge < -0.3 is 0 Å². The molecule has 0 saturated carbocycles. The molecule has 0 aliphatic carbocycles. The van der Waals surface area contributed by atoms with Crippen LogP contribution >= 0.6 is 11.3 Å². The van der Waals surface area contributed by atoms with Crippen molar-refractivity contribution in [1.82, 2.24) is 0 Å². The average Bonchev–Trinajstić information content (AvgIpc) is 3.49. The zero-order valence-corrected chi connectivity index (χ0v) is 25.2. The van der Waals surface area contributed by atoms with Crippen molar-refractivity contribution in [3.63, 3.8) is 0 Å². The first kappa shape index (κ1) is 24.9. The third-order valence-corrected chi connectivity index (χ3v) is 10.8. The van der Waals surface area contributed by atoms with Gasteiger partial charge in [-0.3, -0.25) is 0 Å². The molecule has 0 spiro atoms. The number of hydrogen-bond acceptors (Lipinski definition) is 1. The van der Waals surface area contributed by atoms with Crippen molar-refractivity contribution in [3.05, 3.63) is 158 Å². The smallest absolute Gasteiger partial charge is 0.0355 e. The van der Waals surface area contributed by atoms with Crippen LogP contribution in [0.1, 0.15) is 0 Å². The Morgan fingerprint density at radius 1 is 0.244 bits per heavy atom. The molecule has 9 aromatic carbocycles. The fourth-order valence-electron chi connectivity index (χ4n) is 7.57. The van der Waals surface area contributed by atoms with Crippen LogP contribution in [0.15, 0.2) is 158 Å². The molecule has 1 heteroatoms. The van der Waals surface area contributed by atoms with Gasteiger partial charge >= 0.3 is 0 Å². The quantitative estimate of drug-likeness (QED) is 0.177. The minimum atomic E-state index is 1.24. The van der Waals surface area contributed by atoms with Gasteiger partial charge in [0.2, 0.25) is 0 Å². The first-order chi connectivity index (χ1) is 22.3. The van der Waals surface area contributed by atoms with Crippen molar-refractivity contribution in [3.8, 4) is 22.3 Å². The van der Waals surface area contributed by atoms with Crippen LogP contribution in [0, 0.1) is 0 Å². The molecular formula is C44H26S. The van der Waals surface area contributed by atoms with Crippen LogP contribution in [0.3, 0.4) is 0 Å². The Morgan fingerprint density at radius 2 is 0.667 bits per heavy atom. The van der Waals surface area contributed by atoms with Crippen LogP contribution in [-0.2, 0) is 0 Å². The summed E-state index contributed by atoms with van der Waals surface area (Å²) < 4.78 is 2.68. The van der Waals surface area contributed by atoms with Gasteiger partial charge in [-0.1, -0.05) is 127 Å². The van der Waals surface area contributed by atoms with E-state index in [0.717, 1.165) is 0 Å². The Kier molecular flexibility index (Phi) is 5.25. The molecule has 0 aliphatic rings. The minimum Gasteiger partial charge on any atom is -0.135 e. The van der Waals surface area contributed by atoms with Gasteiger partial charge in [-0.2, -0.15) is 0 Å². The number of hydrogen-bond donors (Lipinski definition) is 0. The zero-order chi connectivity index (χ0) is 29.5. The second kappa shape index (κ2) is 9.50. The number of benzene rings is 9. The highest BCUT2D eigenvalue weighted by Crippen LogP contribution is 2.45. The van der Waals surface area contributed by atoms with Crippen LogP contribution < -0.4 is 0 Å². The van der Waals surface area contributed by atoms with E-state index in [1.165, 1.54) is 96.3 Å². The summed E-state index contributed by atoms with van der Waals surface area (Å²) in [6, 6.07) is 58.5. The molecule has 208 valence electrons. The topological polar surface area (TPSA) is 0 Å². The molecule has 0 aliphatic heterocycles. The van der Waals surface area contributed by atoms with Crippen LogP contribution in [0.2, 0.25) is 0 Å². The van der Waals surface area contributed by atoms with Crippen LogP contribution in [-0.4, -0.2) is 0 Å². The van der Waals surface area contributed by atoms with Gasteiger partial charge in [0.15, 0.2) is 0 Å². The summed E-state index contributed by atoms with van der Waals surface area (Å²) in [7, 11) is 0. The highest BCUT2D eigenvalue weighted by Gasteiger charge is 2.17. The molecule has 45 heavy (non-hydrogen) atoms. The van der Waals surface area contributed by atoms with Gasteiger partial charge in [0, 0.05) is 20.2 Å². The molecule has 1 aromatic heterocycles. The molecule has 0 nitrogen and oxygen atoms in total. The summed E-state index contributed by atoms with van der Waals surface area (Å²) in [6.45, 7) is 0. The monoisotopic (exact) mass is 586 g/mol. The molecule has 0 fully saturated rings. The Bertz CT molecular complexity index is 2800. The fourth-order valence-corrected chi connectivity index (χ4v) is 8.65. The third-order valence-electron chi connectivity index (χ3n) is 9.62. The summed E-state index contributed by atoms with van der Waals surface area (Å²) >= 11 is 1.87. The number of rotatable bonds is 2. The lowest BCUT2D eigenvalue weighted by molar-refractivity contribution is 1.65. The first-order valence-corrected chi connectivity index (χ1v) is 16.3. The van der Waals surface area contributed by atoms with E-state index in [2.05, 4.69) is 158 Å². The highest BCUT2D eigenvalue weighted by atomic mass is 32.1. The van der Waals surface area contributed by atoms with Gasteiger partial charge in [0.25, 0.3) is 0 Å². The normalized spacial score (nSPS) is 12.0. The molecule has 0 atom stereocenters. The first-order valence-electron chi connectivity index (χ1n) is 15.5. The SMILES string of the molecule is c1ccc(-c2ccc3c(c2)c2ccccc2c2c4ccc(-c5ccc6sc7ccccc7c6c5)cc4c4ccccc4c32)cc1. The second-order valence-corrected chi connectivity index (χ2v) is 13.1. The maximum Gasteiger partial charge on any atom is 0.0355 e. The van der Waals surface area contributed by atoms with Crippen LogP contribution in [0.25, 0.3) is 96.3 Å². The molecule has 0 N–H and O–H groups in total. The maximum atomic E-state index is 2.42. The third kappa shape index (κ3) is 3.65. The van der Waals surface area contributed by atoms with E-state index in [4.69, 9.17) is 0 Å². The Hall–Kier alpha value is -5.50. The Labute approximate surface area is 264 Å². The predicted molar refractivity (Wildman–Crippen MR) is 198 cm³/mol. The average molecular weight is 587 g/mol. The van der Waals surface area contributed by atoms with Crippen molar-refractivity contribution in [1.29, 1.82) is 0 Å². The molecule has 0 unspecified atom stereocenters. The van der Waals surface area contributed by atoms with Gasteiger partial charge in [-0.05, 0) is 106 Å².